The quantitative estimate of drug-likeness (QED) is 0.400. The Labute approximate surface area is 206 Å². The van der Waals surface area contributed by atoms with Gasteiger partial charge in [-0.2, -0.15) is 0 Å². The average Bonchev–Trinajstić information content (AvgIpc) is 2.59. The lowest BCUT2D eigenvalue weighted by Crippen LogP contribution is -2.62. The van der Waals surface area contributed by atoms with Gasteiger partial charge in [-0.15, -0.1) is 10.1 Å². The van der Waals surface area contributed by atoms with Crippen LogP contribution in [-0.2, 0) is 24.1 Å². The number of aliphatic carboxylic acids is 1. The third-order valence-electron chi connectivity index (χ3n) is 6.80. The van der Waals surface area contributed by atoms with Crippen molar-refractivity contribution in [1.82, 2.24) is 10.1 Å². The first kappa shape index (κ1) is 29.4. The molecule has 2 saturated heterocycles. The highest BCUT2D eigenvalue weighted by atomic mass is 16.7. The molecule has 0 aliphatic carbocycles. The average molecular weight is 503 g/mol. The number of hydrogen-bond donors (Lipinski definition) is 4. The van der Waals surface area contributed by atoms with E-state index in [-0.39, 0.29) is 0 Å². The van der Waals surface area contributed by atoms with Crippen LogP contribution in [0.15, 0.2) is 0 Å². The molecule has 2 rings (SSSR count). The van der Waals surface area contributed by atoms with Crippen molar-refractivity contribution in [1.29, 1.82) is 0 Å². The molecule has 0 atom stereocenters. The number of nitrogens with zero attached hydrogens (tertiary/aromatic N) is 2. The minimum absolute atomic E-state index is 0.329. The Kier molecular flexibility index (Phi) is 8.06. The van der Waals surface area contributed by atoms with Crippen molar-refractivity contribution in [3.05, 3.63) is 0 Å². The second-order valence-corrected chi connectivity index (χ2v) is 12.6. The lowest BCUT2D eigenvalue weighted by atomic mass is 9.80. The molecule has 2 fully saturated rings. The van der Waals surface area contributed by atoms with Crippen LogP contribution in [0.5, 0.6) is 0 Å². The first-order valence-corrected chi connectivity index (χ1v) is 12.0. The van der Waals surface area contributed by atoms with E-state index in [1.165, 1.54) is 10.1 Å². The predicted molar refractivity (Wildman–Crippen MR) is 124 cm³/mol. The highest BCUT2D eigenvalue weighted by Crippen LogP contribution is 2.40. The summed E-state index contributed by atoms with van der Waals surface area (Å²) < 4.78 is 0. The zero-order valence-corrected chi connectivity index (χ0v) is 22.1. The molecule has 2 aliphatic heterocycles. The normalized spacial score (nSPS) is 25.1. The number of piperidine rings is 2. The summed E-state index contributed by atoms with van der Waals surface area (Å²) in [5.41, 5.74) is -5.72. The lowest BCUT2D eigenvalue weighted by Gasteiger charge is -2.52. The first-order chi connectivity index (χ1) is 15.6. The fourth-order valence-electron chi connectivity index (χ4n) is 5.87. The van der Waals surface area contributed by atoms with Gasteiger partial charge in [-0.25, -0.2) is 4.79 Å². The first-order valence-electron chi connectivity index (χ1n) is 12.0. The van der Waals surface area contributed by atoms with Crippen molar-refractivity contribution >= 4 is 17.9 Å². The summed E-state index contributed by atoms with van der Waals surface area (Å²) in [6.07, 6.45) is -1.83. The third-order valence-corrected chi connectivity index (χ3v) is 6.80. The van der Waals surface area contributed by atoms with Gasteiger partial charge < -0.3 is 30.1 Å². The standard InChI is InChI=1S/C24H42N2O9/c1-20(2)9-15(27)10-21(3,4)25(20)34-17(29)13-24(33,19(31)32)14-18(30)35-26-22(5,6)11-16(28)12-23(26,7)8/h15-16,27-28,33H,9-14H2,1-8H3,(H,31,32). The molecule has 0 spiro atoms. The van der Waals surface area contributed by atoms with Crippen molar-refractivity contribution in [3.63, 3.8) is 0 Å². The van der Waals surface area contributed by atoms with E-state index in [0.29, 0.717) is 25.7 Å². The number of carbonyl (C=O) groups excluding carboxylic acids is 2. The molecule has 0 amide bonds. The van der Waals surface area contributed by atoms with Crippen LogP contribution < -0.4 is 0 Å². The van der Waals surface area contributed by atoms with Gasteiger partial charge in [0.25, 0.3) is 0 Å². The number of aliphatic hydroxyl groups excluding tert-OH is 2. The molecule has 2 heterocycles. The molecule has 4 N–H and O–H groups in total. The number of carboxylic acid groups (broad SMARTS) is 1. The summed E-state index contributed by atoms with van der Waals surface area (Å²) in [5.74, 6) is -3.81. The molecule has 2 aliphatic rings. The molecule has 0 radical (unpaired) electrons. The van der Waals surface area contributed by atoms with Crippen LogP contribution in [0.1, 0.15) is 93.9 Å². The summed E-state index contributed by atoms with van der Waals surface area (Å²) in [4.78, 5) is 48.4. The van der Waals surface area contributed by atoms with Crippen molar-refractivity contribution in [3.8, 4) is 0 Å². The highest BCUT2D eigenvalue weighted by Gasteiger charge is 2.51. The fraction of sp³-hybridized carbons (Fsp3) is 0.875. The van der Waals surface area contributed by atoms with Gasteiger partial charge in [0.05, 0.1) is 47.2 Å². The zero-order valence-electron chi connectivity index (χ0n) is 22.1. The van der Waals surface area contributed by atoms with Crippen LogP contribution in [0.25, 0.3) is 0 Å². The van der Waals surface area contributed by atoms with Gasteiger partial charge in [0.15, 0.2) is 5.60 Å². The Morgan fingerprint density at radius 3 is 1.20 bits per heavy atom. The molecule has 0 aromatic carbocycles. The molecule has 0 unspecified atom stereocenters. The van der Waals surface area contributed by atoms with E-state index in [9.17, 15) is 34.8 Å². The van der Waals surface area contributed by atoms with Crippen molar-refractivity contribution < 1.29 is 44.5 Å². The second-order valence-electron chi connectivity index (χ2n) is 12.6. The molecule has 0 aromatic heterocycles. The van der Waals surface area contributed by atoms with Crippen molar-refractivity contribution in [2.45, 2.75) is 134 Å². The van der Waals surface area contributed by atoms with Gasteiger partial charge in [-0.1, -0.05) is 0 Å². The Morgan fingerprint density at radius 1 is 0.714 bits per heavy atom. The van der Waals surface area contributed by atoms with E-state index < -0.39 is 70.7 Å². The SMILES string of the molecule is CC1(C)CC(O)CC(C)(C)N1OC(=O)CC(O)(CC(=O)ON1C(C)(C)CC(O)CC1(C)C)C(=O)O. The van der Waals surface area contributed by atoms with Crippen LogP contribution in [-0.4, -0.2) is 88.4 Å². The second kappa shape index (κ2) is 9.59. The van der Waals surface area contributed by atoms with E-state index in [0.717, 1.165) is 0 Å². The van der Waals surface area contributed by atoms with E-state index >= 15 is 0 Å². The van der Waals surface area contributed by atoms with Crippen LogP contribution in [0.4, 0.5) is 0 Å². The maximum absolute atomic E-state index is 12.8. The molecular formula is C24H42N2O9. The predicted octanol–water partition coefficient (Wildman–Crippen LogP) is 1.53. The number of hydrogen-bond acceptors (Lipinski definition) is 10. The summed E-state index contributed by atoms with van der Waals surface area (Å²) in [5, 5.41) is 43.6. The van der Waals surface area contributed by atoms with Crippen molar-refractivity contribution in [2.75, 3.05) is 0 Å². The molecular weight excluding hydrogens is 460 g/mol. The van der Waals surface area contributed by atoms with Gasteiger partial charge in [0.2, 0.25) is 0 Å². The highest BCUT2D eigenvalue weighted by molar-refractivity contribution is 5.88. The lowest BCUT2D eigenvalue weighted by molar-refractivity contribution is -0.281. The monoisotopic (exact) mass is 502 g/mol. The topological polar surface area (TPSA) is 157 Å². The molecule has 11 nitrogen and oxygen atoms in total. The van der Waals surface area contributed by atoms with Crippen LogP contribution in [0, 0.1) is 0 Å². The number of rotatable bonds is 7. The summed E-state index contributed by atoms with van der Waals surface area (Å²) >= 11 is 0. The molecule has 11 heteroatoms. The molecule has 35 heavy (non-hydrogen) atoms. The van der Waals surface area contributed by atoms with Crippen molar-refractivity contribution in [2.24, 2.45) is 0 Å². The maximum atomic E-state index is 12.8. The number of aliphatic hydroxyl groups is 3. The number of carbonyl (C=O) groups is 3. The van der Waals surface area contributed by atoms with E-state index in [4.69, 9.17) is 9.68 Å². The van der Waals surface area contributed by atoms with Crippen LogP contribution in [0.2, 0.25) is 0 Å². The molecule has 202 valence electrons. The third kappa shape index (κ3) is 6.71. The van der Waals surface area contributed by atoms with E-state index in [1.807, 2.05) is 0 Å². The molecule has 0 bridgehead atoms. The minimum atomic E-state index is -2.75. The smallest absolute Gasteiger partial charge is 0.336 e. The van der Waals surface area contributed by atoms with Gasteiger partial charge in [0, 0.05) is 0 Å². The van der Waals surface area contributed by atoms with Gasteiger partial charge in [0.1, 0.15) is 0 Å². The summed E-state index contributed by atoms with van der Waals surface area (Å²) in [6.45, 7) is 14.3. The summed E-state index contributed by atoms with van der Waals surface area (Å²) in [7, 11) is 0. The fourth-order valence-corrected chi connectivity index (χ4v) is 5.87. The Balaban J connectivity index is 2.14. The van der Waals surface area contributed by atoms with Crippen LogP contribution >= 0.6 is 0 Å². The van der Waals surface area contributed by atoms with Gasteiger partial charge >= 0.3 is 17.9 Å². The molecule has 0 saturated carbocycles. The number of carboxylic acids is 1. The minimum Gasteiger partial charge on any atom is -0.479 e. The zero-order chi connectivity index (χ0) is 27.2. The number of hydroxylamine groups is 4. The maximum Gasteiger partial charge on any atom is 0.336 e. The largest absolute Gasteiger partial charge is 0.479 e. The summed E-state index contributed by atoms with van der Waals surface area (Å²) in [6, 6.07) is 0. The van der Waals surface area contributed by atoms with E-state index in [2.05, 4.69) is 0 Å². The van der Waals surface area contributed by atoms with E-state index in [1.54, 1.807) is 55.4 Å². The Morgan fingerprint density at radius 2 is 0.971 bits per heavy atom. The Bertz CT molecular complexity index is 743. The Hall–Kier alpha value is -1.79. The van der Waals surface area contributed by atoms with Crippen LogP contribution in [0.3, 0.4) is 0 Å². The molecule has 0 aromatic rings. The van der Waals surface area contributed by atoms with Gasteiger partial charge in [-0.05, 0) is 81.1 Å². The van der Waals surface area contributed by atoms with Gasteiger partial charge in [-0.3, -0.25) is 9.59 Å².